The number of carbonyl (C=O) groups excluding carboxylic acids is 1. The summed E-state index contributed by atoms with van der Waals surface area (Å²) in [5.74, 6) is 1.21. The maximum Gasteiger partial charge on any atom is 0.255 e. The largest absolute Gasteiger partial charge is 0.368 e. The van der Waals surface area contributed by atoms with E-state index in [1.165, 1.54) is 5.69 Å². The second kappa shape index (κ2) is 9.41. The minimum Gasteiger partial charge on any atom is -0.368 e. The highest BCUT2D eigenvalue weighted by Crippen LogP contribution is 2.24. The third-order valence-corrected chi connectivity index (χ3v) is 6.14. The van der Waals surface area contributed by atoms with Crippen molar-refractivity contribution in [2.45, 2.75) is 33.1 Å². The highest BCUT2D eigenvalue weighted by molar-refractivity contribution is 5.94. The van der Waals surface area contributed by atoms with Crippen LogP contribution in [-0.2, 0) is 6.42 Å². The Morgan fingerprint density at radius 3 is 2.45 bits per heavy atom. The van der Waals surface area contributed by atoms with E-state index in [1.807, 2.05) is 29.3 Å². The van der Waals surface area contributed by atoms with Crippen molar-refractivity contribution in [3.63, 3.8) is 0 Å². The molecular formula is C25H33N5O. The molecule has 1 aliphatic rings. The van der Waals surface area contributed by atoms with Gasteiger partial charge in [-0.2, -0.15) is 0 Å². The van der Waals surface area contributed by atoms with E-state index in [2.05, 4.69) is 59.4 Å². The summed E-state index contributed by atoms with van der Waals surface area (Å²) in [7, 11) is 2.12. The van der Waals surface area contributed by atoms with Crippen LogP contribution >= 0.6 is 0 Å². The molecule has 2 aromatic heterocycles. The Labute approximate surface area is 185 Å². The summed E-state index contributed by atoms with van der Waals surface area (Å²) in [6.07, 6.45) is 5.14. The second-order valence-corrected chi connectivity index (χ2v) is 8.27. The molecular weight excluding hydrogens is 386 g/mol. The Bertz CT molecular complexity index is 1020. The van der Waals surface area contributed by atoms with E-state index >= 15 is 0 Å². The number of aromatic nitrogens is 2. The van der Waals surface area contributed by atoms with Crippen LogP contribution in [0.4, 0.5) is 11.5 Å². The van der Waals surface area contributed by atoms with Gasteiger partial charge in [0.15, 0.2) is 0 Å². The van der Waals surface area contributed by atoms with Crippen LogP contribution in [0.3, 0.4) is 0 Å². The smallest absolute Gasteiger partial charge is 0.255 e. The van der Waals surface area contributed by atoms with Crippen molar-refractivity contribution in [3.8, 4) is 0 Å². The van der Waals surface area contributed by atoms with Gasteiger partial charge < -0.3 is 14.7 Å². The van der Waals surface area contributed by atoms with Crippen LogP contribution < -0.4 is 9.80 Å². The molecule has 1 fully saturated rings. The number of pyridine rings is 1. The van der Waals surface area contributed by atoms with Gasteiger partial charge in [0.05, 0.1) is 11.3 Å². The lowest BCUT2D eigenvalue weighted by atomic mass is 10.2. The molecule has 0 aliphatic carbocycles. The van der Waals surface area contributed by atoms with E-state index in [9.17, 15) is 4.79 Å². The van der Waals surface area contributed by atoms with E-state index in [0.717, 1.165) is 74.7 Å². The molecule has 0 bridgehead atoms. The lowest BCUT2D eigenvalue weighted by Gasteiger charge is -2.36. The summed E-state index contributed by atoms with van der Waals surface area (Å²) in [5.41, 5.74) is 3.94. The fourth-order valence-corrected chi connectivity index (χ4v) is 4.34. The van der Waals surface area contributed by atoms with E-state index in [0.29, 0.717) is 0 Å². The molecule has 3 aromatic rings. The molecule has 4 rings (SSSR count). The summed E-state index contributed by atoms with van der Waals surface area (Å²) in [4.78, 5) is 24.7. The van der Waals surface area contributed by atoms with Crippen molar-refractivity contribution < 1.29 is 4.79 Å². The van der Waals surface area contributed by atoms with Crippen molar-refractivity contribution in [1.29, 1.82) is 0 Å². The van der Waals surface area contributed by atoms with Gasteiger partial charge in [0.1, 0.15) is 11.5 Å². The zero-order valence-electron chi connectivity index (χ0n) is 18.9. The third-order valence-electron chi connectivity index (χ3n) is 6.14. The van der Waals surface area contributed by atoms with Crippen LogP contribution in [0.5, 0.6) is 0 Å². The van der Waals surface area contributed by atoms with Gasteiger partial charge in [0.25, 0.3) is 5.91 Å². The summed E-state index contributed by atoms with van der Waals surface area (Å²) >= 11 is 0. The summed E-state index contributed by atoms with van der Waals surface area (Å²) in [6.45, 7) is 8.51. The van der Waals surface area contributed by atoms with Crippen molar-refractivity contribution >= 4 is 23.1 Å². The Balaban J connectivity index is 1.53. The number of imidazole rings is 1. The number of rotatable bonds is 7. The number of carbonyl (C=O) groups is 1. The molecule has 0 saturated carbocycles. The Morgan fingerprint density at radius 1 is 1.03 bits per heavy atom. The number of fused-ring (bicyclic) bond motifs is 1. The first-order valence-electron chi connectivity index (χ1n) is 11.4. The molecule has 0 spiro atoms. The number of piperazine rings is 1. The zero-order valence-corrected chi connectivity index (χ0v) is 18.9. The minimum absolute atomic E-state index is 0.100. The van der Waals surface area contributed by atoms with Crippen molar-refractivity contribution in [1.82, 2.24) is 14.3 Å². The molecule has 6 heteroatoms. The fraction of sp³-hybridized carbons (Fsp3) is 0.440. The zero-order chi connectivity index (χ0) is 21.8. The second-order valence-electron chi connectivity index (χ2n) is 8.27. The lowest BCUT2D eigenvalue weighted by molar-refractivity contribution is 0.0746. The van der Waals surface area contributed by atoms with E-state index in [1.54, 1.807) is 0 Å². The summed E-state index contributed by atoms with van der Waals surface area (Å²) in [5, 5.41) is 0. The third kappa shape index (κ3) is 4.38. The van der Waals surface area contributed by atoms with Crippen LogP contribution in [0.25, 0.3) is 5.65 Å². The Morgan fingerprint density at radius 2 is 1.77 bits per heavy atom. The molecule has 0 unspecified atom stereocenters. The molecule has 31 heavy (non-hydrogen) atoms. The average Bonchev–Trinajstić information content (AvgIpc) is 3.20. The standard InChI is InChI=1S/C25H33N5O/c1-4-6-14-27(3)24-22(5-2)26-23-13-12-20(19-30(23)24)25(31)29-17-15-28(16-18-29)21-10-8-7-9-11-21/h7-13,19H,4-6,14-18H2,1-3H3. The number of anilines is 2. The van der Waals surface area contributed by atoms with Gasteiger partial charge in [-0.3, -0.25) is 9.20 Å². The maximum atomic E-state index is 13.3. The number of nitrogens with zero attached hydrogens (tertiary/aromatic N) is 5. The molecule has 0 N–H and O–H groups in total. The van der Waals surface area contributed by atoms with Crippen LogP contribution in [-0.4, -0.2) is 60.0 Å². The maximum absolute atomic E-state index is 13.3. The van der Waals surface area contributed by atoms with Crippen LogP contribution in [0.15, 0.2) is 48.7 Å². The number of benzene rings is 1. The quantitative estimate of drug-likeness (QED) is 0.578. The monoisotopic (exact) mass is 419 g/mol. The predicted molar refractivity (Wildman–Crippen MR) is 127 cm³/mol. The first-order chi connectivity index (χ1) is 15.1. The summed E-state index contributed by atoms with van der Waals surface area (Å²) < 4.78 is 2.10. The number of aryl methyl sites for hydroxylation is 1. The molecule has 1 amide bonds. The van der Waals surface area contributed by atoms with Gasteiger partial charge in [-0.25, -0.2) is 4.98 Å². The van der Waals surface area contributed by atoms with Gasteiger partial charge >= 0.3 is 0 Å². The SMILES string of the molecule is CCCCN(C)c1c(CC)nc2ccc(C(=O)N3CCN(c4ccccc4)CC3)cn12. The van der Waals surface area contributed by atoms with E-state index < -0.39 is 0 Å². The minimum atomic E-state index is 0.100. The number of hydrogen-bond acceptors (Lipinski definition) is 4. The lowest BCUT2D eigenvalue weighted by Crippen LogP contribution is -2.48. The van der Waals surface area contributed by atoms with Crippen LogP contribution in [0.2, 0.25) is 0 Å². The van der Waals surface area contributed by atoms with Crippen molar-refractivity contribution in [2.24, 2.45) is 0 Å². The molecule has 6 nitrogen and oxygen atoms in total. The molecule has 0 radical (unpaired) electrons. The van der Waals surface area contributed by atoms with E-state index in [4.69, 9.17) is 4.98 Å². The van der Waals surface area contributed by atoms with Crippen LogP contribution in [0.1, 0.15) is 42.7 Å². The van der Waals surface area contributed by atoms with Gasteiger partial charge in [0, 0.05) is 51.7 Å². The number of unbranched alkanes of at least 4 members (excludes halogenated alkanes) is 1. The molecule has 1 aliphatic heterocycles. The predicted octanol–water partition coefficient (Wildman–Crippen LogP) is 4.10. The topological polar surface area (TPSA) is 44.1 Å². The molecule has 1 saturated heterocycles. The number of hydrogen-bond donors (Lipinski definition) is 0. The number of para-hydroxylation sites is 1. The van der Waals surface area contributed by atoms with E-state index in [-0.39, 0.29) is 5.91 Å². The van der Waals surface area contributed by atoms with Gasteiger partial charge in [-0.15, -0.1) is 0 Å². The number of amides is 1. The normalized spacial score (nSPS) is 14.3. The van der Waals surface area contributed by atoms with Gasteiger partial charge in [-0.05, 0) is 37.1 Å². The molecule has 3 heterocycles. The van der Waals surface area contributed by atoms with Gasteiger partial charge in [-0.1, -0.05) is 38.5 Å². The Hall–Kier alpha value is -3.02. The fourth-order valence-electron chi connectivity index (χ4n) is 4.34. The highest BCUT2D eigenvalue weighted by Gasteiger charge is 2.23. The Kier molecular flexibility index (Phi) is 6.44. The van der Waals surface area contributed by atoms with Crippen LogP contribution in [0, 0.1) is 0 Å². The molecule has 0 atom stereocenters. The average molecular weight is 420 g/mol. The van der Waals surface area contributed by atoms with Crippen molar-refractivity contribution in [3.05, 3.63) is 59.9 Å². The van der Waals surface area contributed by atoms with Crippen molar-refractivity contribution in [2.75, 3.05) is 49.6 Å². The highest BCUT2D eigenvalue weighted by atomic mass is 16.2. The first kappa shape index (κ1) is 21.2. The molecule has 164 valence electrons. The molecule has 1 aromatic carbocycles. The van der Waals surface area contributed by atoms with Gasteiger partial charge in [0.2, 0.25) is 0 Å². The summed E-state index contributed by atoms with van der Waals surface area (Å²) in [6, 6.07) is 14.3. The first-order valence-corrected chi connectivity index (χ1v) is 11.4.